The summed E-state index contributed by atoms with van der Waals surface area (Å²) < 4.78 is 12.8. The van der Waals surface area contributed by atoms with E-state index < -0.39 is 18.0 Å². The molecule has 94 valence electrons. The Balaban J connectivity index is 2.51. The van der Waals surface area contributed by atoms with Gasteiger partial charge in [0.1, 0.15) is 11.9 Å². The van der Waals surface area contributed by atoms with Crippen LogP contribution in [0.2, 0.25) is 0 Å². The summed E-state index contributed by atoms with van der Waals surface area (Å²) in [4.78, 5) is 14.2. The zero-order chi connectivity index (χ0) is 12.8. The molecule has 0 aliphatic rings. The normalized spacial score (nSPS) is 14.1. The molecule has 1 amide bonds. The van der Waals surface area contributed by atoms with Gasteiger partial charge in [-0.05, 0) is 12.5 Å². The summed E-state index contributed by atoms with van der Waals surface area (Å²) in [5, 5.41) is 21.8. The van der Waals surface area contributed by atoms with Gasteiger partial charge in [-0.1, -0.05) is 0 Å². The molecule has 6 heteroatoms. The zero-order valence-corrected chi connectivity index (χ0v) is 9.43. The van der Waals surface area contributed by atoms with E-state index in [2.05, 4.69) is 10.3 Å². The van der Waals surface area contributed by atoms with Gasteiger partial charge in [-0.25, -0.2) is 4.39 Å². The molecule has 17 heavy (non-hydrogen) atoms. The molecular formula is C11H15FN2O3. The summed E-state index contributed by atoms with van der Waals surface area (Å²) in [6.07, 6.45) is 0.185. The van der Waals surface area contributed by atoms with Crippen LogP contribution in [0.15, 0.2) is 18.5 Å². The lowest BCUT2D eigenvalue weighted by Gasteiger charge is -2.17. The Kier molecular flexibility index (Phi) is 4.99. The number of aromatic nitrogens is 1. The van der Waals surface area contributed by atoms with Crippen molar-refractivity contribution >= 4 is 5.91 Å². The highest BCUT2D eigenvalue weighted by molar-refractivity contribution is 5.72. The molecule has 0 aliphatic heterocycles. The Morgan fingerprint density at radius 2 is 2.24 bits per heavy atom. The molecule has 0 aliphatic carbocycles. The minimum absolute atomic E-state index is 0.178. The molecule has 0 radical (unpaired) electrons. The molecule has 5 nitrogen and oxygen atoms in total. The topological polar surface area (TPSA) is 82.5 Å². The van der Waals surface area contributed by atoms with E-state index in [1.54, 1.807) is 0 Å². The van der Waals surface area contributed by atoms with Crippen molar-refractivity contribution in [1.82, 2.24) is 10.3 Å². The van der Waals surface area contributed by atoms with Gasteiger partial charge in [0.2, 0.25) is 5.91 Å². The maximum absolute atomic E-state index is 12.8. The minimum atomic E-state index is -1.22. The van der Waals surface area contributed by atoms with Crippen LogP contribution in [0.1, 0.15) is 25.0 Å². The summed E-state index contributed by atoms with van der Waals surface area (Å²) in [7, 11) is 0. The molecule has 1 aromatic rings. The third-order valence-corrected chi connectivity index (χ3v) is 2.25. The standard InChI is InChI=1S/C11H15FN2O3/c1-7(15)14-3-2-10(16)11(17)8-4-9(12)6-13-5-8/h4-6,10-11,16-17H,2-3H2,1H3,(H,14,15). The first-order chi connectivity index (χ1) is 8.00. The number of aliphatic hydroxyl groups excluding tert-OH is 2. The van der Waals surface area contributed by atoms with Crippen LogP contribution < -0.4 is 5.32 Å². The van der Waals surface area contributed by atoms with Crippen molar-refractivity contribution < 1.29 is 19.4 Å². The molecule has 0 saturated heterocycles. The number of pyridine rings is 1. The van der Waals surface area contributed by atoms with E-state index in [1.807, 2.05) is 0 Å². The highest BCUT2D eigenvalue weighted by Crippen LogP contribution is 2.18. The van der Waals surface area contributed by atoms with Crippen molar-refractivity contribution in [2.45, 2.75) is 25.6 Å². The van der Waals surface area contributed by atoms with Crippen LogP contribution in [-0.4, -0.2) is 33.8 Å². The summed E-state index contributed by atoms with van der Waals surface area (Å²) in [5.41, 5.74) is 0.209. The highest BCUT2D eigenvalue weighted by Gasteiger charge is 2.18. The third kappa shape index (κ3) is 4.46. The first-order valence-corrected chi connectivity index (χ1v) is 5.21. The monoisotopic (exact) mass is 242 g/mol. The zero-order valence-electron chi connectivity index (χ0n) is 9.43. The summed E-state index contributed by atoms with van der Waals surface area (Å²) in [5.74, 6) is -0.783. The summed E-state index contributed by atoms with van der Waals surface area (Å²) in [6, 6.07) is 1.11. The number of amides is 1. The van der Waals surface area contributed by atoms with Crippen LogP contribution in [-0.2, 0) is 4.79 Å². The van der Waals surface area contributed by atoms with Crippen LogP contribution >= 0.6 is 0 Å². The van der Waals surface area contributed by atoms with Crippen LogP contribution in [0.4, 0.5) is 4.39 Å². The van der Waals surface area contributed by atoms with E-state index in [0.717, 1.165) is 12.3 Å². The van der Waals surface area contributed by atoms with Gasteiger partial charge in [0.25, 0.3) is 0 Å². The van der Waals surface area contributed by atoms with E-state index in [4.69, 9.17) is 0 Å². The lowest BCUT2D eigenvalue weighted by molar-refractivity contribution is -0.119. The molecule has 2 atom stereocenters. The predicted molar refractivity (Wildman–Crippen MR) is 58.5 cm³/mol. The van der Waals surface area contributed by atoms with Gasteiger partial charge >= 0.3 is 0 Å². The molecule has 1 aromatic heterocycles. The molecule has 1 rings (SSSR count). The molecule has 3 N–H and O–H groups in total. The van der Waals surface area contributed by atoms with Gasteiger partial charge in [0.05, 0.1) is 12.3 Å². The van der Waals surface area contributed by atoms with Crippen molar-refractivity contribution in [3.05, 3.63) is 29.8 Å². The van der Waals surface area contributed by atoms with Gasteiger partial charge < -0.3 is 15.5 Å². The van der Waals surface area contributed by atoms with E-state index >= 15 is 0 Å². The van der Waals surface area contributed by atoms with Crippen molar-refractivity contribution in [3.8, 4) is 0 Å². The van der Waals surface area contributed by atoms with Crippen LogP contribution in [0.5, 0.6) is 0 Å². The number of rotatable bonds is 5. The number of carbonyl (C=O) groups excluding carboxylic acids is 1. The molecule has 0 aromatic carbocycles. The number of hydrogen-bond donors (Lipinski definition) is 3. The minimum Gasteiger partial charge on any atom is -0.390 e. The second-order valence-corrected chi connectivity index (χ2v) is 3.72. The van der Waals surface area contributed by atoms with Crippen LogP contribution in [0, 0.1) is 5.82 Å². The summed E-state index contributed by atoms with van der Waals surface area (Å²) in [6.45, 7) is 1.61. The maximum Gasteiger partial charge on any atom is 0.216 e. The maximum atomic E-state index is 12.8. The second kappa shape index (κ2) is 6.27. The smallest absolute Gasteiger partial charge is 0.216 e. The Morgan fingerprint density at radius 1 is 1.53 bits per heavy atom. The first kappa shape index (κ1) is 13.5. The van der Waals surface area contributed by atoms with Gasteiger partial charge in [0.15, 0.2) is 0 Å². The van der Waals surface area contributed by atoms with Crippen molar-refractivity contribution in [2.24, 2.45) is 0 Å². The third-order valence-electron chi connectivity index (χ3n) is 2.25. The first-order valence-electron chi connectivity index (χ1n) is 5.21. The molecule has 2 unspecified atom stereocenters. The largest absolute Gasteiger partial charge is 0.390 e. The Bertz CT molecular complexity index is 387. The van der Waals surface area contributed by atoms with E-state index in [9.17, 15) is 19.4 Å². The van der Waals surface area contributed by atoms with Crippen molar-refractivity contribution in [3.63, 3.8) is 0 Å². The lowest BCUT2D eigenvalue weighted by Crippen LogP contribution is -2.27. The average Bonchev–Trinajstić information content (AvgIpc) is 2.27. The van der Waals surface area contributed by atoms with Gasteiger partial charge in [0, 0.05) is 25.2 Å². The number of halogens is 1. The van der Waals surface area contributed by atoms with Crippen LogP contribution in [0.25, 0.3) is 0 Å². The highest BCUT2D eigenvalue weighted by atomic mass is 19.1. The van der Waals surface area contributed by atoms with Crippen molar-refractivity contribution in [2.75, 3.05) is 6.54 Å². The quantitative estimate of drug-likeness (QED) is 0.686. The predicted octanol–water partition coefficient (Wildman–Crippen LogP) is 0.141. The summed E-state index contributed by atoms with van der Waals surface area (Å²) >= 11 is 0. The number of aliphatic hydroxyl groups is 2. The van der Waals surface area contributed by atoms with Crippen molar-refractivity contribution in [1.29, 1.82) is 0 Å². The molecule has 0 spiro atoms. The van der Waals surface area contributed by atoms with E-state index in [1.165, 1.54) is 13.1 Å². The van der Waals surface area contributed by atoms with E-state index in [-0.39, 0.29) is 24.4 Å². The number of carbonyl (C=O) groups is 1. The molecule has 1 heterocycles. The Morgan fingerprint density at radius 3 is 2.82 bits per heavy atom. The Labute approximate surface area is 98.3 Å². The fourth-order valence-corrected chi connectivity index (χ4v) is 1.37. The van der Waals surface area contributed by atoms with Gasteiger partial charge in [-0.3, -0.25) is 9.78 Å². The average molecular weight is 242 g/mol. The van der Waals surface area contributed by atoms with Gasteiger partial charge in [-0.2, -0.15) is 0 Å². The number of nitrogens with zero attached hydrogens (tertiary/aromatic N) is 1. The number of hydrogen-bond acceptors (Lipinski definition) is 4. The fourth-order valence-electron chi connectivity index (χ4n) is 1.37. The SMILES string of the molecule is CC(=O)NCCC(O)C(O)c1cncc(F)c1. The number of nitrogens with one attached hydrogen (secondary N) is 1. The van der Waals surface area contributed by atoms with Gasteiger partial charge in [-0.15, -0.1) is 0 Å². The molecule has 0 fully saturated rings. The lowest BCUT2D eigenvalue weighted by atomic mass is 10.0. The molecular weight excluding hydrogens is 227 g/mol. The second-order valence-electron chi connectivity index (χ2n) is 3.72. The molecule has 0 bridgehead atoms. The van der Waals surface area contributed by atoms with E-state index in [0.29, 0.717) is 0 Å². The fraction of sp³-hybridized carbons (Fsp3) is 0.455. The molecule has 0 saturated carbocycles. The van der Waals surface area contributed by atoms with Crippen LogP contribution in [0.3, 0.4) is 0 Å². The Hall–Kier alpha value is -1.53.